The number of hydrogen-bond donors (Lipinski definition) is 2. The van der Waals surface area contributed by atoms with E-state index in [1.165, 1.54) is 0 Å². The van der Waals surface area contributed by atoms with Gasteiger partial charge in [-0.25, -0.2) is 4.79 Å². The van der Waals surface area contributed by atoms with Crippen LogP contribution >= 0.6 is 0 Å². The molecule has 3 aromatic carbocycles. The summed E-state index contributed by atoms with van der Waals surface area (Å²) in [5.74, 6) is 0.407. The van der Waals surface area contributed by atoms with Crippen molar-refractivity contribution in [3.8, 4) is 5.75 Å². The fraction of sp³-hybridized carbons (Fsp3) is 0.379. The number of alkyl carbamates (subject to hydrolysis) is 1. The van der Waals surface area contributed by atoms with E-state index in [-0.39, 0.29) is 18.6 Å². The lowest BCUT2D eigenvalue weighted by Crippen LogP contribution is -2.40. The van der Waals surface area contributed by atoms with Crippen molar-refractivity contribution in [1.82, 2.24) is 10.6 Å². The first-order valence-corrected chi connectivity index (χ1v) is 12.3. The van der Waals surface area contributed by atoms with Crippen LogP contribution < -0.4 is 20.8 Å². The molecule has 1 atom stereocenters. The van der Waals surface area contributed by atoms with E-state index in [0.717, 1.165) is 34.7 Å². The number of nitrogens with one attached hydrogen (secondary N) is 2. The number of hydrogen-bond acceptors (Lipinski definition) is 4. The van der Waals surface area contributed by atoms with Crippen molar-refractivity contribution >= 4 is 36.1 Å². The maximum Gasteiger partial charge on any atom is 0.407 e. The van der Waals surface area contributed by atoms with E-state index in [1.807, 2.05) is 77.1 Å². The third-order valence-corrected chi connectivity index (χ3v) is 6.22. The minimum atomic E-state index is -0.569. The molecule has 0 saturated heterocycles. The van der Waals surface area contributed by atoms with Gasteiger partial charge in [0.05, 0.1) is 11.6 Å². The molecule has 6 nitrogen and oxygen atoms in total. The molecule has 2 amide bonds. The second-order valence-corrected chi connectivity index (χ2v) is 10.7. The lowest BCUT2D eigenvalue weighted by atomic mass is 9.87. The number of benzene rings is 3. The summed E-state index contributed by atoms with van der Waals surface area (Å²) in [4.78, 5) is 25.4. The van der Waals surface area contributed by atoms with E-state index >= 15 is 0 Å². The van der Waals surface area contributed by atoms with Crippen LogP contribution in [-0.2, 0) is 10.3 Å². The molecule has 1 fully saturated rings. The summed E-state index contributed by atoms with van der Waals surface area (Å²) in [5.41, 5.74) is 2.15. The predicted molar refractivity (Wildman–Crippen MR) is 143 cm³/mol. The zero-order valence-electron chi connectivity index (χ0n) is 21.6. The van der Waals surface area contributed by atoms with Gasteiger partial charge in [-0.05, 0) is 81.5 Å². The summed E-state index contributed by atoms with van der Waals surface area (Å²) in [6.45, 7) is 9.41. The van der Waals surface area contributed by atoms with Crippen LogP contribution in [0.2, 0.25) is 0 Å². The Morgan fingerprint density at radius 1 is 1.08 bits per heavy atom. The molecule has 1 saturated carbocycles. The summed E-state index contributed by atoms with van der Waals surface area (Å²) in [6, 6.07) is 17.2. The van der Waals surface area contributed by atoms with Crippen molar-refractivity contribution < 1.29 is 19.1 Å². The smallest absolute Gasteiger partial charge is 0.407 e. The molecular weight excluding hydrogens is 451 g/mol. The van der Waals surface area contributed by atoms with E-state index < -0.39 is 17.2 Å². The molecule has 2 N–H and O–H groups in total. The van der Waals surface area contributed by atoms with Gasteiger partial charge in [-0.1, -0.05) is 47.9 Å². The van der Waals surface area contributed by atoms with Crippen LogP contribution in [0.25, 0.3) is 10.8 Å². The average Bonchev–Trinajstić information content (AvgIpc) is 3.56. The molecule has 3 aromatic rings. The van der Waals surface area contributed by atoms with Gasteiger partial charge in [-0.3, -0.25) is 4.79 Å². The highest BCUT2D eigenvalue weighted by Crippen LogP contribution is 2.48. The first-order valence-electron chi connectivity index (χ1n) is 12.3. The predicted octanol–water partition coefficient (Wildman–Crippen LogP) is 4.65. The Hall–Kier alpha value is -3.48. The molecule has 0 heterocycles. The number of ether oxygens (including phenoxy) is 2. The molecule has 1 aliphatic rings. The molecule has 1 unspecified atom stereocenters. The Balaban J connectivity index is 1.45. The first kappa shape index (κ1) is 25.6. The van der Waals surface area contributed by atoms with Crippen LogP contribution in [0, 0.1) is 6.92 Å². The quantitative estimate of drug-likeness (QED) is 0.479. The zero-order chi connectivity index (χ0) is 26.1. The highest BCUT2D eigenvalue weighted by molar-refractivity contribution is 6.33. The van der Waals surface area contributed by atoms with Gasteiger partial charge in [-0.2, -0.15) is 0 Å². The van der Waals surface area contributed by atoms with Gasteiger partial charge >= 0.3 is 6.09 Å². The number of rotatable bonds is 7. The Kier molecular flexibility index (Phi) is 7.03. The maximum absolute atomic E-state index is 13.4. The van der Waals surface area contributed by atoms with Gasteiger partial charge in [0.15, 0.2) is 0 Å². The Morgan fingerprint density at radius 2 is 1.81 bits per heavy atom. The standard InChI is InChI=1S/C29H33BN2O4/c1-18-10-11-22(35-17-19(2)31-27(34)36-28(3,4)5)16-24(18)26(33)32-29(12-13-29)25-15-21(30)14-20-8-6-7-9-23(20)25/h6-11,14-16,19H,12-13,17H2,1-5H3,(H,31,34)(H,32,33). The van der Waals surface area contributed by atoms with Crippen molar-refractivity contribution in [3.63, 3.8) is 0 Å². The number of fused-ring (bicyclic) bond motifs is 1. The van der Waals surface area contributed by atoms with Crippen molar-refractivity contribution in [1.29, 1.82) is 0 Å². The Bertz CT molecular complexity index is 1290. The topological polar surface area (TPSA) is 76.7 Å². The summed E-state index contributed by atoms with van der Waals surface area (Å²) in [5, 5.41) is 8.20. The molecule has 0 aromatic heterocycles. The summed E-state index contributed by atoms with van der Waals surface area (Å²) in [7, 11) is 6.19. The zero-order valence-corrected chi connectivity index (χ0v) is 21.6. The highest BCUT2D eigenvalue weighted by atomic mass is 16.6. The lowest BCUT2D eigenvalue weighted by Gasteiger charge is -2.22. The minimum absolute atomic E-state index is 0.151. The van der Waals surface area contributed by atoms with Crippen LogP contribution in [0.3, 0.4) is 0 Å². The Morgan fingerprint density at radius 3 is 2.50 bits per heavy atom. The summed E-state index contributed by atoms with van der Waals surface area (Å²) >= 11 is 0. The first-order chi connectivity index (χ1) is 17.0. The van der Waals surface area contributed by atoms with Crippen LogP contribution in [0.1, 0.15) is 62.0 Å². The van der Waals surface area contributed by atoms with Crippen LogP contribution in [0.5, 0.6) is 5.75 Å². The molecule has 7 heteroatoms. The third kappa shape index (κ3) is 6.01. The second kappa shape index (κ2) is 9.88. The van der Waals surface area contributed by atoms with Gasteiger partial charge in [0.2, 0.25) is 0 Å². The van der Waals surface area contributed by atoms with Crippen molar-refractivity contribution in [2.45, 2.75) is 64.6 Å². The molecular formula is C29H33BN2O4. The summed E-state index contributed by atoms with van der Waals surface area (Å²) in [6.07, 6.45) is 1.22. The minimum Gasteiger partial charge on any atom is -0.491 e. The fourth-order valence-electron chi connectivity index (χ4n) is 4.31. The van der Waals surface area contributed by atoms with Gasteiger partial charge in [-0.15, -0.1) is 0 Å². The third-order valence-electron chi connectivity index (χ3n) is 6.22. The van der Waals surface area contributed by atoms with Crippen LogP contribution in [-0.4, -0.2) is 38.1 Å². The van der Waals surface area contributed by atoms with Crippen molar-refractivity contribution in [2.75, 3.05) is 6.61 Å². The van der Waals surface area contributed by atoms with Crippen LogP contribution in [0.4, 0.5) is 4.79 Å². The van der Waals surface area contributed by atoms with E-state index in [1.54, 1.807) is 6.07 Å². The number of carbonyl (C=O) groups is 2. The molecule has 1 aliphatic carbocycles. The van der Waals surface area contributed by atoms with Gasteiger partial charge in [0.25, 0.3) is 5.91 Å². The normalized spacial score (nSPS) is 15.1. The summed E-state index contributed by atoms with van der Waals surface area (Å²) < 4.78 is 11.2. The molecule has 2 radical (unpaired) electrons. The molecule has 36 heavy (non-hydrogen) atoms. The molecule has 0 spiro atoms. The van der Waals surface area contributed by atoms with E-state index in [9.17, 15) is 9.59 Å². The van der Waals surface area contributed by atoms with Gasteiger partial charge in [0.1, 0.15) is 25.8 Å². The van der Waals surface area contributed by atoms with Crippen molar-refractivity contribution in [2.24, 2.45) is 0 Å². The van der Waals surface area contributed by atoms with Gasteiger partial charge < -0.3 is 20.1 Å². The highest BCUT2D eigenvalue weighted by Gasteiger charge is 2.46. The molecule has 0 aliphatic heterocycles. The van der Waals surface area contributed by atoms with Crippen molar-refractivity contribution in [3.05, 3.63) is 71.3 Å². The molecule has 0 bridgehead atoms. The fourth-order valence-corrected chi connectivity index (χ4v) is 4.31. The molecule has 4 rings (SSSR count). The van der Waals surface area contributed by atoms with Gasteiger partial charge in [0, 0.05) is 5.56 Å². The molecule has 186 valence electrons. The second-order valence-electron chi connectivity index (χ2n) is 10.7. The van der Waals surface area contributed by atoms with E-state index in [2.05, 4.69) is 16.7 Å². The van der Waals surface area contributed by atoms with E-state index in [0.29, 0.717) is 16.8 Å². The largest absolute Gasteiger partial charge is 0.491 e. The Labute approximate surface area is 214 Å². The number of aryl methyl sites for hydroxylation is 1. The average molecular weight is 484 g/mol. The van der Waals surface area contributed by atoms with Crippen LogP contribution in [0.15, 0.2) is 54.6 Å². The van der Waals surface area contributed by atoms with E-state index in [4.69, 9.17) is 17.3 Å². The monoisotopic (exact) mass is 484 g/mol. The maximum atomic E-state index is 13.4. The lowest BCUT2D eigenvalue weighted by molar-refractivity contribution is 0.0494. The SMILES string of the molecule is [B]c1cc(C2(NC(=O)c3cc(OCC(C)NC(=O)OC(C)(C)C)ccc3C)CC2)c2ccccc2c1. The number of amides is 2. The number of carbonyl (C=O) groups excluding carboxylic acids is 2.